The number of aromatic nitrogens is 2. The van der Waals surface area contributed by atoms with Gasteiger partial charge in [0.2, 0.25) is 11.7 Å². The van der Waals surface area contributed by atoms with Crippen LogP contribution in [-0.2, 0) is 11.2 Å². The van der Waals surface area contributed by atoms with E-state index in [2.05, 4.69) is 15.5 Å². The second kappa shape index (κ2) is 11.4. The van der Waals surface area contributed by atoms with E-state index in [9.17, 15) is 19.1 Å². The lowest BCUT2D eigenvalue weighted by atomic mass is 9.89. The molecule has 4 aromatic rings. The summed E-state index contributed by atoms with van der Waals surface area (Å²) in [7, 11) is 0. The summed E-state index contributed by atoms with van der Waals surface area (Å²) >= 11 is 0. The number of amides is 1. The van der Waals surface area contributed by atoms with Crippen LogP contribution in [-0.4, -0.2) is 33.2 Å². The minimum absolute atomic E-state index is 0.0834. The Morgan fingerprint density at radius 3 is 2.37 bits per heavy atom. The fraction of sp³-hybridized carbons (Fsp3) is 0.267. The summed E-state index contributed by atoms with van der Waals surface area (Å²) in [6, 6.07) is 19.8. The van der Waals surface area contributed by atoms with Gasteiger partial charge in [-0.15, -0.1) is 0 Å². The molecule has 1 amide bonds. The predicted octanol–water partition coefficient (Wildman–Crippen LogP) is 6.02. The smallest absolute Gasteiger partial charge is 0.326 e. The first-order valence-corrected chi connectivity index (χ1v) is 12.8. The molecule has 1 aromatic heterocycles. The van der Waals surface area contributed by atoms with E-state index in [-0.39, 0.29) is 23.7 Å². The normalized spacial score (nSPS) is 14.7. The Kier molecular flexibility index (Phi) is 7.58. The van der Waals surface area contributed by atoms with Crippen LogP contribution >= 0.6 is 0 Å². The van der Waals surface area contributed by atoms with Gasteiger partial charge in [0.25, 0.3) is 5.91 Å². The topological polar surface area (TPSA) is 105 Å². The summed E-state index contributed by atoms with van der Waals surface area (Å²) < 4.78 is 20.4. The van der Waals surface area contributed by atoms with E-state index in [1.165, 1.54) is 18.6 Å². The quantitative estimate of drug-likeness (QED) is 0.299. The molecule has 1 saturated carbocycles. The summed E-state index contributed by atoms with van der Waals surface area (Å²) in [5.74, 6) is -1.38. The van der Waals surface area contributed by atoms with Crippen molar-refractivity contribution >= 4 is 11.9 Å². The van der Waals surface area contributed by atoms with Crippen LogP contribution in [0.1, 0.15) is 59.8 Å². The average molecular weight is 514 g/mol. The summed E-state index contributed by atoms with van der Waals surface area (Å²) in [5.41, 5.74) is 2.91. The van der Waals surface area contributed by atoms with Crippen LogP contribution in [0.15, 0.2) is 77.3 Å². The average Bonchev–Trinajstić information content (AvgIpc) is 3.44. The van der Waals surface area contributed by atoms with Crippen molar-refractivity contribution in [2.45, 2.75) is 50.5 Å². The molecule has 5 rings (SSSR count). The number of carboxylic acid groups (broad SMARTS) is 1. The molecule has 7 nitrogen and oxygen atoms in total. The Morgan fingerprint density at radius 1 is 0.974 bits per heavy atom. The standard InChI is InChI=1S/C30H28FN3O4/c31-25-17-19(11-16-24(25)27-33-29(38-34-27)23-9-5-2-6-10-23)18-26(30(36)37)32-28(35)22-14-12-21(13-15-22)20-7-3-1-4-8-20/h1,3-4,7-8,11-17,23,26H,2,5-6,9-10,18H2,(H,32,35)(H,36,37). The number of benzene rings is 3. The van der Waals surface area contributed by atoms with Crippen LogP contribution in [0.25, 0.3) is 22.5 Å². The van der Waals surface area contributed by atoms with Crippen molar-refractivity contribution in [3.05, 3.63) is 95.6 Å². The number of halogens is 1. The van der Waals surface area contributed by atoms with E-state index in [0.717, 1.165) is 36.8 Å². The summed E-state index contributed by atoms with van der Waals surface area (Å²) in [6.45, 7) is 0. The van der Waals surface area contributed by atoms with Gasteiger partial charge in [0.05, 0.1) is 5.56 Å². The van der Waals surface area contributed by atoms with Gasteiger partial charge in [-0.05, 0) is 53.8 Å². The number of carbonyl (C=O) groups excluding carboxylic acids is 1. The van der Waals surface area contributed by atoms with E-state index in [0.29, 0.717) is 17.0 Å². The number of rotatable bonds is 8. The van der Waals surface area contributed by atoms with E-state index < -0.39 is 23.7 Å². The van der Waals surface area contributed by atoms with Gasteiger partial charge in [-0.25, -0.2) is 9.18 Å². The highest BCUT2D eigenvalue weighted by Crippen LogP contribution is 2.33. The first kappa shape index (κ1) is 25.3. The second-order valence-corrected chi connectivity index (χ2v) is 9.62. The minimum atomic E-state index is -1.23. The largest absolute Gasteiger partial charge is 0.480 e. The molecule has 8 heteroatoms. The first-order chi connectivity index (χ1) is 18.5. The maximum absolute atomic E-state index is 15.0. The molecule has 0 saturated heterocycles. The van der Waals surface area contributed by atoms with Crippen molar-refractivity contribution in [1.29, 1.82) is 0 Å². The third-order valence-electron chi connectivity index (χ3n) is 6.97. The van der Waals surface area contributed by atoms with E-state index in [1.54, 1.807) is 18.2 Å². The van der Waals surface area contributed by atoms with Gasteiger partial charge in [-0.2, -0.15) is 4.98 Å². The first-order valence-electron chi connectivity index (χ1n) is 12.8. The fourth-order valence-electron chi connectivity index (χ4n) is 4.85. The Hall–Kier alpha value is -4.33. The number of aliphatic carboxylic acids is 1. The highest BCUT2D eigenvalue weighted by atomic mass is 19.1. The van der Waals surface area contributed by atoms with Gasteiger partial charge in [-0.1, -0.05) is 73.0 Å². The molecule has 1 aliphatic carbocycles. The van der Waals surface area contributed by atoms with Crippen LogP contribution in [0.3, 0.4) is 0 Å². The maximum atomic E-state index is 15.0. The zero-order valence-electron chi connectivity index (χ0n) is 20.8. The Bertz CT molecular complexity index is 1410. The van der Waals surface area contributed by atoms with E-state index in [1.807, 2.05) is 42.5 Å². The number of carboxylic acids is 1. The van der Waals surface area contributed by atoms with Crippen LogP contribution < -0.4 is 5.32 Å². The molecule has 1 fully saturated rings. The molecule has 2 N–H and O–H groups in total. The summed E-state index contributed by atoms with van der Waals surface area (Å²) in [5, 5.41) is 16.2. The van der Waals surface area contributed by atoms with Gasteiger partial charge in [0.15, 0.2) is 0 Å². The number of hydrogen-bond acceptors (Lipinski definition) is 5. The SMILES string of the molecule is O=C(NC(Cc1ccc(-c2noc(C3CCCCC3)n2)c(F)c1)C(=O)O)c1ccc(-c2ccccc2)cc1. The third-order valence-corrected chi connectivity index (χ3v) is 6.97. The van der Waals surface area contributed by atoms with Crippen LogP contribution in [0, 0.1) is 5.82 Å². The van der Waals surface area contributed by atoms with Crippen molar-refractivity contribution in [3.63, 3.8) is 0 Å². The van der Waals surface area contributed by atoms with Crippen LogP contribution in [0.4, 0.5) is 4.39 Å². The predicted molar refractivity (Wildman–Crippen MR) is 140 cm³/mol. The number of hydrogen-bond donors (Lipinski definition) is 2. The van der Waals surface area contributed by atoms with Gasteiger partial charge in [0.1, 0.15) is 11.9 Å². The Morgan fingerprint density at radius 2 is 1.68 bits per heavy atom. The zero-order valence-corrected chi connectivity index (χ0v) is 20.8. The molecule has 0 spiro atoms. The molecule has 0 radical (unpaired) electrons. The molecular formula is C30H28FN3O4. The number of nitrogens with zero attached hydrogens (tertiary/aromatic N) is 2. The maximum Gasteiger partial charge on any atom is 0.326 e. The molecule has 1 atom stereocenters. The molecule has 1 heterocycles. The van der Waals surface area contributed by atoms with Crippen LogP contribution in [0.2, 0.25) is 0 Å². The molecule has 0 aliphatic heterocycles. The van der Waals surface area contributed by atoms with Gasteiger partial charge in [-0.3, -0.25) is 4.79 Å². The molecule has 194 valence electrons. The number of nitrogens with one attached hydrogen (secondary N) is 1. The van der Waals surface area contributed by atoms with Gasteiger partial charge < -0.3 is 14.9 Å². The molecule has 0 bridgehead atoms. The van der Waals surface area contributed by atoms with Crippen molar-refractivity contribution in [2.24, 2.45) is 0 Å². The minimum Gasteiger partial charge on any atom is -0.480 e. The monoisotopic (exact) mass is 513 g/mol. The van der Waals surface area contributed by atoms with E-state index >= 15 is 0 Å². The fourth-order valence-corrected chi connectivity index (χ4v) is 4.85. The molecule has 38 heavy (non-hydrogen) atoms. The van der Waals surface area contributed by atoms with E-state index in [4.69, 9.17) is 4.52 Å². The third kappa shape index (κ3) is 5.80. The molecule has 1 aliphatic rings. The van der Waals surface area contributed by atoms with Crippen molar-refractivity contribution in [1.82, 2.24) is 15.5 Å². The summed E-state index contributed by atoms with van der Waals surface area (Å²) in [6.07, 6.45) is 5.33. The molecular weight excluding hydrogens is 485 g/mol. The van der Waals surface area contributed by atoms with Crippen molar-refractivity contribution in [2.75, 3.05) is 0 Å². The van der Waals surface area contributed by atoms with Crippen LogP contribution in [0.5, 0.6) is 0 Å². The molecule has 3 aromatic carbocycles. The highest BCUT2D eigenvalue weighted by molar-refractivity contribution is 5.97. The lowest BCUT2D eigenvalue weighted by molar-refractivity contribution is -0.139. The zero-order chi connectivity index (χ0) is 26.5. The highest BCUT2D eigenvalue weighted by Gasteiger charge is 2.24. The molecule has 1 unspecified atom stereocenters. The number of carbonyl (C=O) groups is 2. The van der Waals surface area contributed by atoms with Gasteiger partial charge in [0, 0.05) is 17.9 Å². The lowest BCUT2D eigenvalue weighted by Gasteiger charge is -2.17. The van der Waals surface area contributed by atoms with Gasteiger partial charge >= 0.3 is 5.97 Å². The second-order valence-electron chi connectivity index (χ2n) is 9.62. The Balaban J connectivity index is 1.25. The summed E-state index contributed by atoms with van der Waals surface area (Å²) in [4.78, 5) is 29.1. The lowest BCUT2D eigenvalue weighted by Crippen LogP contribution is -2.42. The van der Waals surface area contributed by atoms with Crippen molar-refractivity contribution < 1.29 is 23.6 Å². The van der Waals surface area contributed by atoms with Crippen molar-refractivity contribution in [3.8, 4) is 22.5 Å². The Labute approximate surface area is 219 Å².